The summed E-state index contributed by atoms with van der Waals surface area (Å²) in [5.74, 6) is -2.15. The molecule has 1 N–H and O–H groups in total. The van der Waals surface area contributed by atoms with Crippen molar-refractivity contribution in [3.05, 3.63) is 58.9 Å². The van der Waals surface area contributed by atoms with Crippen molar-refractivity contribution in [3.8, 4) is 0 Å². The van der Waals surface area contributed by atoms with Gasteiger partial charge in [-0.2, -0.15) is 0 Å². The molecule has 0 saturated carbocycles. The third-order valence-corrected chi connectivity index (χ3v) is 5.56. The van der Waals surface area contributed by atoms with Gasteiger partial charge in [0.2, 0.25) is 15.9 Å². The predicted molar refractivity (Wildman–Crippen MR) is 109 cm³/mol. The summed E-state index contributed by atoms with van der Waals surface area (Å²) in [6, 6.07) is 8.15. The van der Waals surface area contributed by atoms with E-state index >= 15 is 0 Å². The molecule has 0 bridgehead atoms. The molecule has 29 heavy (non-hydrogen) atoms. The Morgan fingerprint density at radius 1 is 1.24 bits per heavy atom. The van der Waals surface area contributed by atoms with Gasteiger partial charge < -0.3 is 10.1 Å². The maximum atomic E-state index is 14.3. The Kier molecular flexibility index (Phi) is 7.21. The number of para-hydroxylation sites is 1. The van der Waals surface area contributed by atoms with Gasteiger partial charge in [-0.25, -0.2) is 17.6 Å². The number of amides is 1. The molecular formula is C19H20ClFN2O5S. The van der Waals surface area contributed by atoms with E-state index in [0.29, 0.717) is 0 Å². The van der Waals surface area contributed by atoms with Gasteiger partial charge in [-0.05, 0) is 36.8 Å². The molecule has 0 aliphatic rings. The van der Waals surface area contributed by atoms with Crippen LogP contribution < -0.4 is 9.62 Å². The normalized spacial score (nSPS) is 12.2. The summed E-state index contributed by atoms with van der Waals surface area (Å²) >= 11 is 6.09. The molecule has 1 atom stereocenters. The number of halogens is 2. The molecule has 0 spiro atoms. The standard InChI is InChI=1S/C19H20ClFN2O5S/c1-4-16(23(29(3,26)27)17-8-6-5-7-14(17)21)18(24)22-15-11-12(19(25)28-2)9-10-13(15)20/h5-11,16H,4H2,1-3H3,(H,22,24). The molecule has 2 rings (SSSR count). The van der Waals surface area contributed by atoms with Gasteiger partial charge >= 0.3 is 5.97 Å². The lowest BCUT2D eigenvalue weighted by Crippen LogP contribution is -2.47. The Labute approximate surface area is 173 Å². The SMILES string of the molecule is CCC(C(=O)Nc1cc(C(=O)OC)ccc1Cl)N(c1ccccc1F)S(C)(=O)=O. The third kappa shape index (κ3) is 5.24. The first kappa shape index (κ1) is 22.6. The minimum Gasteiger partial charge on any atom is -0.465 e. The van der Waals surface area contributed by atoms with Gasteiger partial charge in [0, 0.05) is 0 Å². The van der Waals surface area contributed by atoms with Crippen molar-refractivity contribution in [1.29, 1.82) is 0 Å². The lowest BCUT2D eigenvalue weighted by atomic mass is 10.1. The van der Waals surface area contributed by atoms with E-state index in [4.69, 9.17) is 11.6 Å². The van der Waals surface area contributed by atoms with Gasteiger partial charge in [0.1, 0.15) is 11.9 Å². The van der Waals surface area contributed by atoms with Crippen molar-refractivity contribution in [1.82, 2.24) is 0 Å². The number of nitrogens with zero attached hydrogens (tertiary/aromatic N) is 1. The molecule has 0 aliphatic heterocycles. The Morgan fingerprint density at radius 2 is 1.90 bits per heavy atom. The number of carbonyl (C=O) groups excluding carboxylic acids is 2. The highest BCUT2D eigenvalue weighted by Gasteiger charge is 2.33. The Bertz CT molecular complexity index is 1030. The number of hydrogen-bond acceptors (Lipinski definition) is 5. The Morgan fingerprint density at radius 3 is 2.45 bits per heavy atom. The van der Waals surface area contributed by atoms with Crippen LogP contribution in [0.15, 0.2) is 42.5 Å². The predicted octanol–water partition coefficient (Wildman–Crippen LogP) is 3.45. The summed E-state index contributed by atoms with van der Waals surface area (Å²) in [7, 11) is -2.79. The molecule has 0 saturated heterocycles. The molecule has 0 fully saturated rings. The average Bonchev–Trinajstić information content (AvgIpc) is 2.66. The van der Waals surface area contributed by atoms with Crippen LogP contribution in [0.4, 0.5) is 15.8 Å². The lowest BCUT2D eigenvalue weighted by molar-refractivity contribution is -0.117. The topological polar surface area (TPSA) is 92.8 Å². The molecule has 1 unspecified atom stereocenters. The number of carbonyl (C=O) groups is 2. The molecular weight excluding hydrogens is 423 g/mol. The van der Waals surface area contributed by atoms with Crippen molar-refractivity contribution in [2.45, 2.75) is 19.4 Å². The summed E-state index contributed by atoms with van der Waals surface area (Å²) < 4.78 is 44.4. The van der Waals surface area contributed by atoms with E-state index in [1.54, 1.807) is 6.92 Å². The highest BCUT2D eigenvalue weighted by molar-refractivity contribution is 7.92. The van der Waals surface area contributed by atoms with Crippen molar-refractivity contribution in [2.24, 2.45) is 0 Å². The number of esters is 1. The second-order valence-electron chi connectivity index (χ2n) is 6.11. The quantitative estimate of drug-likeness (QED) is 0.663. The van der Waals surface area contributed by atoms with Crippen LogP contribution in [-0.4, -0.2) is 39.7 Å². The first-order valence-electron chi connectivity index (χ1n) is 8.52. The smallest absolute Gasteiger partial charge is 0.337 e. The minimum atomic E-state index is -4.00. The molecule has 2 aromatic rings. The molecule has 0 radical (unpaired) electrons. The highest BCUT2D eigenvalue weighted by atomic mass is 35.5. The zero-order chi connectivity index (χ0) is 21.8. The Balaban J connectivity index is 2.43. The molecule has 7 nitrogen and oxygen atoms in total. The largest absolute Gasteiger partial charge is 0.465 e. The lowest BCUT2D eigenvalue weighted by Gasteiger charge is -2.30. The number of rotatable bonds is 7. The number of ether oxygens (including phenoxy) is 1. The van der Waals surface area contributed by atoms with Gasteiger partial charge in [0.15, 0.2) is 0 Å². The van der Waals surface area contributed by atoms with E-state index < -0.39 is 33.8 Å². The molecule has 0 aromatic heterocycles. The van der Waals surface area contributed by atoms with E-state index in [9.17, 15) is 22.4 Å². The van der Waals surface area contributed by atoms with E-state index in [0.717, 1.165) is 16.6 Å². The second-order valence-corrected chi connectivity index (χ2v) is 8.38. The summed E-state index contributed by atoms with van der Waals surface area (Å²) in [4.78, 5) is 24.6. The summed E-state index contributed by atoms with van der Waals surface area (Å²) in [5.41, 5.74) is 0.000677. The molecule has 156 valence electrons. The first-order valence-corrected chi connectivity index (χ1v) is 10.8. The van der Waals surface area contributed by atoms with Gasteiger partial charge in [-0.1, -0.05) is 30.7 Å². The summed E-state index contributed by atoms with van der Waals surface area (Å²) in [6.07, 6.45) is 0.946. The van der Waals surface area contributed by atoms with Crippen LogP contribution in [0.3, 0.4) is 0 Å². The van der Waals surface area contributed by atoms with Gasteiger partial charge in [0.25, 0.3) is 0 Å². The molecule has 1 amide bonds. The molecule has 0 aliphatic carbocycles. The van der Waals surface area contributed by atoms with Crippen LogP contribution in [-0.2, 0) is 19.6 Å². The monoisotopic (exact) mass is 442 g/mol. The third-order valence-electron chi connectivity index (χ3n) is 4.06. The van der Waals surface area contributed by atoms with E-state index in [-0.39, 0.29) is 28.4 Å². The zero-order valence-corrected chi connectivity index (χ0v) is 17.6. The van der Waals surface area contributed by atoms with E-state index in [2.05, 4.69) is 10.1 Å². The van der Waals surface area contributed by atoms with Crippen molar-refractivity contribution < 1.29 is 27.1 Å². The molecule has 2 aromatic carbocycles. The molecule has 0 heterocycles. The fourth-order valence-electron chi connectivity index (χ4n) is 2.75. The van der Waals surface area contributed by atoms with E-state index in [1.165, 1.54) is 43.5 Å². The number of methoxy groups -OCH3 is 1. The highest BCUT2D eigenvalue weighted by Crippen LogP contribution is 2.28. The number of sulfonamides is 1. The number of hydrogen-bond donors (Lipinski definition) is 1. The van der Waals surface area contributed by atoms with Crippen molar-refractivity contribution >= 4 is 44.9 Å². The summed E-state index contributed by atoms with van der Waals surface area (Å²) in [6.45, 7) is 1.59. The van der Waals surface area contributed by atoms with Gasteiger partial charge in [-0.3, -0.25) is 9.10 Å². The zero-order valence-electron chi connectivity index (χ0n) is 16.0. The van der Waals surface area contributed by atoms with Crippen molar-refractivity contribution in [2.75, 3.05) is 23.0 Å². The fourth-order valence-corrected chi connectivity index (χ4v) is 4.13. The van der Waals surface area contributed by atoms with Gasteiger partial charge in [-0.15, -0.1) is 0 Å². The maximum absolute atomic E-state index is 14.3. The fraction of sp³-hybridized carbons (Fsp3) is 0.263. The van der Waals surface area contributed by atoms with Crippen LogP contribution in [0.2, 0.25) is 5.02 Å². The second kappa shape index (κ2) is 9.23. The van der Waals surface area contributed by atoms with Crippen molar-refractivity contribution in [3.63, 3.8) is 0 Å². The van der Waals surface area contributed by atoms with E-state index in [1.807, 2.05) is 0 Å². The Hall–Kier alpha value is -2.65. The number of nitrogens with one attached hydrogen (secondary N) is 1. The first-order chi connectivity index (χ1) is 13.6. The van der Waals surface area contributed by atoms with Crippen LogP contribution in [0.25, 0.3) is 0 Å². The van der Waals surface area contributed by atoms with Crippen LogP contribution in [0.1, 0.15) is 23.7 Å². The minimum absolute atomic E-state index is 0.0571. The number of benzene rings is 2. The summed E-state index contributed by atoms with van der Waals surface area (Å²) in [5, 5.41) is 2.65. The molecule has 10 heteroatoms. The maximum Gasteiger partial charge on any atom is 0.337 e. The average molecular weight is 443 g/mol. The number of anilines is 2. The van der Waals surface area contributed by atoms with Crippen LogP contribution >= 0.6 is 11.6 Å². The van der Waals surface area contributed by atoms with Gasteiger partial charge in [0.05, 0.1) is 35.3 Å². The van der Waals surface area contributed by atoms with Crippen LogP contribution in [0, 0.1) is 5.82 Å². The van der Waals surface area contributed by atoms with Crippen LogP contribution in [0.5, 0.6) is 0 Å².